The molecule has 0 aliphatic carbocycles. The molecular weight excluding hydrogens is 330 g/mol. The molecule has 6 heteroatoms. The van der Waals surface area contributed by atoms with Gasteiger partial charge in [0.25, 0.3) is 0 Å². The fourth-order valence-corrected chi connectivity index (χ4v) is 2.58. The Hall–Kier alpha value is -2.76. The smallest absolute Gasteiger partial charge is 0.341 e. The minimum Gasteiger partial charge on any atom is -0.465 e. The average molecular weight is 357 g/mol. The van der Waals surface area contributed by atoms with Gasteiger partial charge >= 0.3 is 5.97 Å². The second-order valence-corrected chi connectivity index (χ2v) is 5.89. The molecule has 2 N–H and O–H groups in total. The van der Waals surface area contributed by atoms with Crippen molar-refractivity contribution in [1.29, 1.82) is 0 Å². The summed E-state index contributed by atoms with van der Waals surface area (Å²) in [5, 5.41) is 6.53. The van der Waals surface area contributed by atoms with Crippen molar-refractivity contribution in [1.82, 2.24) is 10.6 Å². The van der Waals surface area contributed by atoms with E-state index in [-0.39, 0.29) is 0 Å². The van der Waals surface area contributed by atoms with Crippen LogP contribution in [0.15, 0.2) is 45.8 Å². The molecule has 1 heterocycles. The predicted molar refractivity (Wildman–Crippen MR) is 102 cm³/mol. The SMILES string of the molecule is CCNC(=NCc1cc(C(=O)OC)c(C)o1)NCCCc1ccccc1. The minimum absolute atomic E-state index is 0.353. The molecule has 0 aliphatic rings. The first kappa shape index (κ1) is 19.6. The third-order valence-corrected chi connectivity index (χ3v) is 3.89. The lowest BCUT2D eigenvalue weighted by Gasteiger charge is -2.10. The minimum atomic E-state index is -0.396. The van der Waals surface area contributed by atoms with Crippen LogP contribution in [-0.4, -0.2) is 32.1 Å². The first-order valence-electron chi connectivity index (χ1n) is 8.87. The molecule has 2 rings (SSSR count). The van der Waals surface area contributed by atoms with E-state index in [2.05, 4.69) is 39.9 Å². The maximum absolute atomic E-state index is 11.6. The molecule has 26 heavy (non-hydrogen) atoms. The Bertz CT molecular complexity index is 723. The van der Waals surface area contributed by atoms with E-state index in [1.165, 1.54) is 12.7 Å². The maximum atomic E-state index is 11.6. The van der Waals surface area contributed by atoms with E-state index in [0.29, 0.717) is 23.6 Å². The van der Waals surface area contributed by atoms with Gasteiger partial charge in [-0.1, -0.05) is 30.3 Å². The van der Waals surface area contributed by atoms with Crippen LogP contribution in [0.2, 0.25) is 0 Å². The van der Waals surface area contributed by atoms with E-state index in [4.69, 9.17) is 9.15 Å². The topological polar surface area (TPSA) is 75.9 Å². The van der Waals surface area contributed by atoms with Crippen molar-refractivity contribution >= 4 is 11.9 Å². The molecule has 0 aliphatic heterocycles. The highest BCUT2D eigenvalue weighted by atomic mass is 16.5. The van der Waals surface area contributed by atoms with Crippen LogP contribution in [0, 0.1) is 6.92 Å². The maximum Gasteiger partial charge on any atom is 0.341 e. The largest absolute Gasteiger partial charge is 0.465 e. The monoisotopic (exact) mass is 357 g/mol. The summed E-state index contributed by atoms with van der Waals surface area (Å²) in [6.07, 6.45) is 2.04. The lowest BCUT2D eigenvalue weighted by molar-refractivity contribution is 0.0599. The summed E-state index contributed by atoms with van der Waals surface area (Å²) in [7, 11) is 1.36. The summed E-state index contributed by atoms with van der Waals surface area (Å²) < 4.78 is 10.3. The molecule has 0 saturated carbocycles. The van der Waals surface area contributed by atoms with Crippen LogP contribution >= 0.6 is 0 Å². The number of hydrogen-bond acceptors (Lipinski definition) is 4. The van der Waals surface area contributed by atoms with Crippen molar-refractivity contribution in [3.8, 4) is 0 Å². The van der Waals surface area contributed by atoms with Gasteiger partial charge in [-0.15, -0.1) is 0 Å². The molecule has 1 aromatic carbocycles. The third kappa shape index (κ3) is 5.95. The summed E-state index contributed by atoms with van der Waals surface area (Å²) in [5.74, 6) is 1.51. The molecule has 0 atom stereocenters. The number of carbonyl (C=O) groups excluding carboxylic acids is 1. The first-order valence-corrected chi connectivity index (χ1v) is 8.87. The van der Waals surface area contributed by atoms with Gasteiger partial charge < -0.3 is 19.8 Å². The van der Waals surface area contributed by atoms with Crippen molar-refractivity contribution in [3.63, 3.8) is 0 Å². The van der Waals surface area contributed by atoms with Gasteiger partial charge in [0.15, 0.2) is 5.96 Å². The van der Waals surface area contributed by atoms with Crippen LogP contribution in [-0.2, 0) is 17.7 Å². The van der Waals surface area contributed by atoms with Crippen LogP contribution in [0.25, 0.3) is 0 Å². The molecule has 0 fully saturated rings. The number of esters is 1. The molecule has 0 amide bonds. The number of aliphatic imine (C=N–C) groups is 1. The highest BCUT2D eigenvalue weighted by Crippen LogP contribution is 2.16. The van der Waals surface area contributed by atoms with Crippen LogP contribution in [0.5, 0.6) is 0 Å². The fourth-order valence-electron chi connectivity index (χ4n) is 2.58. The Morgan fingerprint density at radius 2 is 2.00 bits per heavy atom. The summed E-state index contributed by atoms with van der Waals surface area (Å²) in [6, 6.07) is 12.1. The Morgan fingerprint density at radius 1 is 1.23 bits per heavy atom. The van der Waals surface area contributed by atoms with Gasteiger partial charge in [0.05, 0.1) is 7.11 Å². The highest BCUT2D eigenvalue weighted by Gasteiger charge is 2.15. The molecule has 0 radical (unpaired) electrons. The zero-order valence-corrected chi connectivity index (χ0v) is 15.7. The predicted octanol–water partition coefficient (Wildman–Crippen LogP) is 3.06. The van der Waals surface area contributed by atoms with E-state index >= 15 is 0 Å². The lowest BCUT2D eigenvalue weighted by atomic mass is 10.1. The second kappa shape index (κ2) is 10.3. The Morgan fingerprint density at radius 3 is 2.69 bits per heavy atom. The molecule has 0 spiro atoms. The Balaban J connectivity index is 1.87. The van der Waals surface area contributed by atoms with Gasteiger partial charge in [-0.3, -0.25) is 0 Å². The first-order chi connectivity index (χ1) is 12.6. The summed E-state index contributed by atoms with van der Waals surface area (Å²) in [4.78, 5) is 16.2. The Labute approximate surface area is 154 Å². The van der Waals surface area contributed by atoms with E-state index < -0.39 is 5.97 Å². The summed E-state index contributed by atoms with van der Waals surface area (Å²) >= 11 is 0. The number of nitrogens with zero attached hydrogens (tertiary/aromatic N) is 1. The second-order valence-electron chi connectivity index (χ2n) is 5.89. The van der Waals surface area contributed by atoms with Crippen LogP contribution in [0.1, 0.15) is 40.8 Å². The van der Waals surface area contributed by atoms with Crippen molar-refractivity contribution in [3.05, 3.63) is 59.0 Å². The standard InChI is InChI=1S/C20H27N3O3/c1-4-21-20(22-12-8-11-16-9-6-5-7-10-16)23-14-17-13-18(15(2)26-17)19(24)25-3/h5-7,9-10,13H,4,8,11-12,14H2,1-3H3,(H2,21,22,23). The number of carbonyl (C=O) groups is 1. The fraction of sp³-hybridized carbons (Fsp3) is 0.400. The van der Waals surface area contributed by atoms with Gasteiger partial charge in [-0.25, -0.2) is 9.79 Å². The number of methoxy groups -OCH3 is 1. The molecule has 140 valence electrons. The Kier molecular flexibility index (Phi) is 7.74. The number of hydrogen-bond donors (Lipinski definition) is 2. The lowest BCUT2D eigenvalue weighted by Crippen LogP contribution is -2.37. The van der Waals surface area contributed by atoms with Gasteiger partial charge in [-0.05, 0) is 38.3 Å². The molecular formula is C20H27N3O3. The molecule has 0 bridgehead atoms. The van der Waals surface area contributed by atoms with Gasteiger partial charge in [-0.2, -0.15) is 0 Å². The van der Waals surface area contributed by atoms with Crippen molar-refractivity contribution in [2.45, 2.75) is 33.2 Å². The van der Waals surface area contributed by atoms with Gasteiger partial charge in [0.2, 0.25) is 0 Å². The molecule has 1 aromatic heterocycles. The quantitative estimate of drug-likeness (QED) is 0.329. The number of guanidine groups is 1. The number of benzene rings is 1. The van der Waals surface area contributed by atoms with E-state index in [0.717, 1.165) is 31.9 Å². The number of furan rings is 1. The van der Waals surface area contributed by atoms with Crippen molar-refractivity contribution in [2.75, 3.05) is 20.2 Å². The molecule has 2 aromatic rings. The van der Waals surface area contributed by atoms with Gasteiger partial charge in [0.1, 0.15) is 23.6 Å². The molecule has 0 saturated heterocycles. The number of rotatable bonds is 8. The number of ether oxygens (including phenoxy) is 1. The number of aryl methyl sites for hydroxylation is 2. The van der Waals surface area contributed by atoms with E-state index in [1.807, 2.05) is 13.0 Å². The van der Waals surface area contributed by atoms with E-state index in [9.17, 15) is 4.79 Å². The average Bonchev–Trinajstić information content (AvgIpc) is 3.04. The number of nitrogens with one attached hydrogen (secondary N) is 2. The normalized spacial score (nSPS) is 11.3. The van der Waals surface area contributed by atoms with Crippen LogP contribution < -0.4 is 10.6 Å². The van der Waals surface area contributed by atoms with Gasteiger partial charge in [0, 0.05) is 13.1 Å². The third-order valence-electron chi connectivity index (χ3n) is 3.89. The van der Waals surface area contributed by atoms with Crippen LogP contribution in [0.3, 0.4) is 0 Å². The zero-order chi connectivity index (χ0) is 18.8. The highest BCUT2D eigenvalue weighted by molar-refractivity contribution is 5.90. The van der Waals surface area contributed by atoms with Crippen molar-refractivity contribution < 1.29 is 13.9 Å². The summed E-state index contributed by atoms with van der Waals surface area (Å²) in [6.45, 7) is 5.71. The summed E-state index contributed by atoms with van der Waals surface area (Å²) in [5.41, 5.74) is 1.77. The van der Waals surface area contributed by atoms with Crippen molar-refractivity contribution in [2.24, 2.45) is 4.99 Å². The van der Waals surface area contributed by atoms with Crippen LogP contribution in [0.4, 0.5) is 0 Å². The molecule has 0 unspecified atom stereocenters. The van der Waals surface area contributed by atoms with E-state index in [1.54, 1.807) is 13.0 Å². The molecule has 6 nitrogen and oxygen atoms in total. The zero-order valence-electron chi connectivity index (χ0n) is 15.7.